The molecule has 5 N–H and O–H groups in total. The standard InChI is InChI=1S/C24H22N12/c1-34-19-6-4-15(12-17(19)31-22(34)25)29-21-8-11-36(14-28-21)33-24-32-18-13-16(5-7-20(18)35(24)2)30-23-26-9-3-10-27-23/h3-14H,1-2H3,(H4,25,26,27,30,31,32,33)/p+1. The number of aryl methyl sites for hydroxylation is 2. The monoisotopic (exact) mass is 479 g/mol. The molecule has 178 valence electrons. The van der Waals surface area contributed by atoms with Gasteiger partial charge >= 0.3 is 6.33 Å². The number of nitrogens with two attached hydrogens (primary N) is 1. The van der Waals surface area contributed by atoms with Gasteiger partial charge in [0.25, 0.3) is 0 Å². The number of nitrogen functional groups attached to an aromatic ring is 1. The molecular weight excluding hydrogens is 456 g/mol. The van der Waals surface area contributed by atoms with Crippen LogP contribution in [-0.4, -0.2) is 34.1 Å². The van der Waals surface area contributed by atoms with E-state index in [2.05, 4.69) is 36.0 Å². The molecular formula is C24H23N12+. The van der Waals surface area contributed by atoms with E-state index in [4.69, 9.17) is 10.7 Å². The lowest BCUT2D eigenvalue weighted by atomic mass is 10.2. The number of hydrogen-bond acceptors (Lipinski definition) is 9. The SMILES string of the molecule is Cn1c(N)nc2cc(Nc3cc[n+](Nc4nc5cc(Nc6ncccn6)ccc5n4C)cn3)ccc21. The lowest BCUT2D eigenvalue weighted by Gasteiger charge is -2.05. The number of anilines is 6. The van der Waals surface area contributed by atoms with Gasteiger partial charge in [0.05, 0.1) is 22.1 Å². The van der Waals surface area contributed by atoms with E-state index < -0.39 is 0 Å². The molecule has 4 heterocycles. The van der Waals surface area contributed by atoms with Crippen LogP contribution in [0.4, 0.5) is 35.0 Å². The predicted octanol–water partition coefficient (Wildman–Crippen LogP) is 2.88. The van der Waals surface area contributed by atoms with Crippen molar-refractivity contribution in [3.63, 3.8) is 0 Å². The minimum Gasteiger partial charge on any atom is -0.369 e. The normalized spacial score (nSPS) is 11.2. The van der Waals surface area contributed by atoms with Gasteiger partial charge in [-0.3, -0.25) is 0 Å². The zero-order chi connectivity index (χ0) is 24.6. The molecule has 6 rings (SSSR count). The molecule has 0 saturated carbocycles. The third-order valence-electron chi connectivity index (χ3n) is 5.83. The minimum absolute atomic E-state index is 0.478. The van der Waals surface area contributed by atoms with Crippen LogP contribution in [0.25, 0.3) is 22.1 Å². The van der Waals surface area contributed by atoms with Crippen molar-refractivity contribution < 1.29 is 4.68 Å². The molecule has 0 saturated heterocycles. The average molecular weight is 480 g/mol. The first-order chi connectivity index (χ1) is 17.5. The molecule has 0 spiro atoms. The summed E-state index contributed by atoms with van der Waals surface area (Å²) in [6.45, 7) is 0. The van der Waals surface area contributed by atoms with Gasteiger partial charge in [-0.1, -0.05) is 0 Å². The van der Waals surface area contributed by atoms with Gasteiger partial charge in [-0.2, -0.15) is 5.43 Å². The molecule has 0 atom stereocenters. The lowest BCUT2D eigenvalue weighted by molar-refractivity contribution is -0.646. The van der Waals surface area contributed by atoms with E-state index in [1.807, 2.05) is 71.9 Å². The van der Waals surface area contributed by atoms with Crippen LogP contribution >= 0.6 is 0 Å². The molecule has 0 unspecified atom stereocenters. The molecule has 0 aliphatic heterocycles. The summed E-state index contributed by atoms with van der Waals surface area (Å²) in [4.78, 5) is 22.0. The largest absolute Gasteiger partial charge is 0.369 e. The number of nitrogens with zero attached hydrogens (tertiary/aromatic N) is 8. The first-order valence-electron chi connectivity index (χ1n) is 11.2. The highest BCUT2D eigenvalue weighted by atomic mass is 15.5. The molecule has 0 aliphatic rings. The molecule has 0 fully saturated rings. The second-order valence-corrected chi connectivity index (χ2v) is 8.22. The van der Waals surface area contributed by atoms with E-state index >= 15 is 0 Å². The fourth-order valence-corrected chi connectivity index (χ4v) is 3.93. The third-order valence-corrected chi connectivity index (χ3v) is 5.83. The van der Waals surface area contributed by atoms with Crippen molar-refractivity contribution in [1.82, 2.24) is 34.1 Å². The molecule has 12 nitrogen and oxygen atoms in total. The molecule has 0 amide bonds. The van der Waals surface area contributed by atoms with E-state index in [-0.39, 0.29) is 0 Å². The van der Waals surface area contributed by atoms with Gasteiger partial charge < -0.3 is 25.5 Å². The van der Waals surface area contributed by atoms with Crippen LogP contribution in [0.3, 0.4) is 0 Å². The number of nitrogens with one attached hydrogen (secondary N) is 3. The number of aromatic nitrogens is 8. The van der Waals surface area contributed by atoms with Crippen molar-refractivity contribution in [3.05, 3.63) is 73.4 Å². The summed E-state index contributed by atoms with van der Waals surface area (Å²) in [5.74, 6) is 2.38. The molecule has 0 aliphatic carbocycles. The second kappa shape index (κ2) is 8.51. The Kier molecular flexibility index (Phi) is 5.03. The number of benzene rings is 2. The third kappa shape index (κ3) is 3.96. The molecule has 0 bridgehead atoms. The van der Waals surface area contributed by atoms with Crippen molar-refractivity contribution in [2.45, 2.75) is 0 Å². The van der Waals surface area contributed by atoms with E-state index in [0.29, 0.717) is 23.7 Å². The Hall–Kier alpha value is -5.26. The highest BCUT2D eigenvalue weighted by molar-refractivity contribution is 5.83. The van der Waals surface area contributed by atoms with Crippen LogP contribution in [0.1, 0.15) is 0 Å². The van der Waals surface area contributed by atoms with Gasteiger partial charge in [0.1, 0.15) is 6.20 Å². The van der Waals surface area contributed by atoms with Gasteiger partial charge in [-0.05, 0) is 47.4 Å². The Morgan fingerprint density at radius 1 is 0.806 bits per heavy atom. The summed E-state index contributed by atoms with van der Waals surface area (Å²) >= 11 is 0. The average Bonchev–Trinajstić information content (AvgIpc) is 3.35. The smallest absolute Gasteiger partial charge is 0.312 e. The van der Waals surface area contributed by atoms with Crippen molar-refractivity contribution >= 4 is 57.1 Å². The number of fused-ring (bicyclic) bond motifs is 2. The van der Waals surface area contributed by atoms with Gasteiger partial charge in [0.15, 0.2) is 0 Å². The summed E-state index contributed by atoms with van der Waals surface area (Å²) in [5.41, 5.74) is 14.5. The van der Waals surface area contributed by atoms with Crippen molar-refractivity contribution in [3.8, 4) is 0 Å². The molecule has 12 heteroatoms. The predicted molar refractivity (Wildman–Crippen MR) is 138 cm³/mol. The van der Waals surface area contributed by atoms with Crippen LogP contribution in [0, 0.1) is 0 Å². The van der Waals surface area contributed by atoms with E-state index in [0.717, 1.165) is 33.4 Å². The fraction of sp³-hybridized carbons (Fsp3) is 0.0833. The zero-order valence-corrected chi connectivity index (χ0v) is 19.6. The summed E-state index contributed by atoms with van der Waals surface area (Å²) < 4.78 is 5.57. The molecule has 4 aromatic heterocycles. The molecule has 36 heavy (non-hydrogen) atoms. The van der Waals surface area contributed by atoms with E-state index in [1.165, 1.54) is 0 Å². The summed E-state index contributed by atoms with van der Waals surface area (Å²) in [7, 11) is 3.85. The highest BCUT2D eigenvalue weighted by Crippen LogP contribution is 2.24. The zero-order valence-electron chi connectivity index (χ0n) is 19.6. The van der Waals surface area contributed by atoms with Gasteiger partial charge in [-0.15, -0.1) is 4.68 Å². The van der Waals surface area contributed by atoms with Crippen molar-refractivity contribution in [1.29, 1.82) is 0 Å². The highest BCUT2D eigenvalue weighted by Gasteiger charge is 2.12. The summed E-state index contributed by atoms with van der Waals surface area (Å²) in [6.07, 6.45) is 6.93. The van der Waals surface area contributed by atoms with Crippen LogP contribution in [0.5, 0.6) is 0 Å². The summed E-state index contributed by atoms with van der Waals surface area (Å²) in [6, 6.07) is 15.5. The first-order valence-corrected chi connectivity index (χ1v) is 11.2. The Morgan fingerprint density at radius 3 is 2.22 bits per heavy atom. The van der Waals surface area contributed by atoms with E-state index in [1.54, 1.807) is 29.5 Å². The van der Waals surface area contributed by atoms with Crippen LogP contribution < -0.4 is 26.5 Å². The fourth-order valence-electron chi connectivity index (χ4n) is 3.93. The Bertz CT molecular complexity index is 1690. The van der Waals surface area contributed by atoms with Gasteiger partial charge in [0.2, 0.25) is 23.7 Å². The molecule has 2 aromatic carbocycles. The number of hydrogen-bond donors (Lipinski definition) is 4. The quantitative estimate of drug-likeness (QED) is 0.265. The van der Waals surface area contributed by atoms with E-state index in [9.17, 15) is 0 Å². The van der Waals surface area contributed by atoms with Crippen LogP contribution in [0.15, 0.2) is 73.4 Å². The van der Waals surface area contributed by atoms with Crippen molar-refractivity contribution in [2.24, 2.45) is 14.1 Å². The van der Waals surface area contributed by atoms with Crippen LogP contribution in [-0.2, 0) is 14.1 Å². The maximum atomic E-state index is 5.90. The number of rotatable bonds is 6. The Balaban J connectivity index is 1.18. The maximum Gasteiger partial charge on any atom is 0.312 e. The number of imidazole rings is 2. The van der Waals surface area contributed by atoms with Crippen molar-refractivity contribution in [2.75, 3.05) is 21.8 Å². The Labute approximate surface area is 205 Å². The molecule has 6 aromatic rings. The molecule has 0 radical (unpaired) electrons. The maximum absolute atomic E-state index is 5.90. The van der Waals surface area contributed by atoms with Crippen LogP contribution in [0.2, 0.25) is 0 Å². The topological polar surface area (TPSA) is 140 Å². The lowest BCUT2D eigenvalue weighted by Crippen LogP contribution is -2.43. The first kappa shape index (κ1) is 21.3. The van der Waals surface area contributed by atoms with Gasteiger partial charge in [0, 0.05) is 43.9 Å². The van der Waals surface area contributed by atoms with Gasteiger partial charge in [-0.25, -0.2) is 19.9 Å². The summed E-state index contributed by atoms with van der Waals surface area (Å²) in [5, 5.41) is 6.48. The second-order valence-electron chi connectivity index (χ2n) is 8.22. The minimum atomic E-state index is 0.478. The Morgan fingerprint density at radius 2 is 1.50 bits per heavy atom.